The van der Waals surface area contributed by atoms with E-state index in [0.717, 1.165) is 13.1 Å². The van der Waals surface area contributed by atoms with Crippen molar-refractivity contribution in [3.63, 3.8) is 0 Å². The summed E-state index contributed by atoms with van der Waals surface area (Å²) in [6, 6.07) is 1.37. The molecule has 1 aliphatic heterocycles. The van der Waals surface area contributed by atoms with Gasteiger partial charge in [-0.3, -0.25) is 9.69 Å². The molecule has 4 nitrogen and oxygen atoms in total. The van der Waals surface area contributed by atoms with Crippen LogP contribution in [0, 0.1) is 0 Å². The van der Waals surface area contributed by atoms with Gasteiger partial charge in [-0.15, -0.1) is 0 Å². The molecular formula is C13H24N2O2. The van der Waals surface area contributed by atoms with E-state index in [4.69, 9.17) is 5.11 Å². The molecule has 0 spiro atoms. The molecule has 2 unspecified atom stereocenters. The lowest BCUT2D eigenvalue weighted by molar-refractivity contribution is -0.138. The van der Waals surface area contributed by atoms with Gasteiger partial charge in [0.2, 0.25) is 0 Å². The highest BCUT2D eigenvalue weighted by Gasteiger charge is 2.31. The van der Waals surface area contributed by atoms with Gasteiger partial charge in [-0.1, -0.05) is 19.3 Å². The standard InChI is InChI=1S/C13H24N2O2/c1-10-8-14-11(7-13(16)17)9-15(10)12-5-3-2-4-6-12/h10-12,14H,2-9H2,1H3,(H,16,17). The van der Waals surface area contributed by atoms with Crippen LogP contribution in [-0.4, -0.2) is 47.2 Å². The second-order valence-electron chi connectivity index (χ2n) is 5.54. The van der Waals surface area contributed by atoms with Crippen molar-refractivity contribution in [2.24, 2.45) is 0 Å². The summed E-state index contributed by atoms with van der Waals surface area (Å²) >= 11 is 0. The number of nitrogens with zero attached hydrogens (tertiary/aromatic N) is 1. The molecule has 1 heterocycles. The number of piperazine rings is 1. The van der Waals surface area contributed by atoms with Gasteiger partial charge in [-0.25, -0.2) is 0 Å². The maximum Gasteiger partial charge on any atom is 0.304 e. The van der Waals surface area contributed by atoms with Gasteiger partial charge in [0.1, 0.15) is 0 Å². The van der Waals surface area contributed by atoms with Crippen molar-refractivity contribution in [2.45, 2.75) is 63.6 Å². The van der Waals surface area contributed by atoms with E-state index >= 15 is 0 Å². The summed E-state index contributed by atoms with van der Waals surface area (Å²) < 4.78 is 0. The molecular weight excluding hydrogens is 216 g/mol. The first-order chi connectivity index (χ1) is 8.16. The minimum absolute atomic E-state index is 0.130. The zero-order valence-electron chi connectivity index (χ0n) is 10.7. The minimum Gasteiger partial charge on any atom is -0.481 e. The van der Waals surface area contributed by atoms with Crippen LogP contribution in [0.3, 0.4) is 0 Å². The summed E-state index contributed by atoms with van der Waals surface area (Å²) in [6.07, 6.45) is 6.88. The van der Waals surface area contributed by atoms with Crippen molar-refractivity contribution in [1.82, 2.24) is 10.2 Å². The van der Waals surface area contributed by atoms with Crippen molar-refractivity contribution >= 4 is 5.97 Å². The summed E-state index contributed by atoms with van der Waals surface area (Å²) in [5.41, 5.74) is 0. The summed E-state index contributed by atoms with van der Waals surface area (Å²) in [4.78, 5) is 13.3. The average Bonchev–Trinajstić information content (AvgIpc) is 2.32. The van der Waals surface area contributed by atoms with Crippen molar-refractivity contribution in [3.05, 3.63) is 0 Å². The Hall–Kier alpha value is -0.610. The molecule has 1 aliphatic carbocycles. The Morgan fingerprint density at radius 2 is 2.06 bits per heavy atom. The first kappa shape index (κ1) is 12.8. The third kappa shape index (κ3) is 3.42. The van der Waals surface area contributed by atoms with E-state index in [1.807, 2.05) is 0 Å². The number of hydrogen-bond donors (Lipinski definition) is 2. The van der Waals surface area contributed by atoms with Crippen LogP contribution >= 0.6 is 0 Å². The van der Waals surface area contributed by atoms with Crippen LogP contribution in [0.15, 0.2) is 0 Å². The predicted molar refractivity (Wildman–Crippen MR) is 67.1 cm³/mol. The number of hydrogen-bond acceptors (Lipinski definition) is 3. The Morgan fingerprint density at radius 1 is 1.35 bits per heavy atom. The molecule has 0 amide bonds. The SMILES string of the molecule is CC1CNC(CC(=O)O)CN1C1CCCCC1. The van der Waals surface area contributed by atoms with E-state index in [0.29, 0.717) is 12.1 Å². The first-order valence-electron chi connectivity index (χ1n) is 6.87. The Kier molecular flexibility index (Phi) is 4.40. The lowest BCUT2D eigenvalue weighted by Crippen LogP contribution is -2.59. The fourth-order valence-electron chi connectivity index (χ4n) is 3.22. The topological polar surface area (TPSA) is 52.6 Å². The summed E-state index contributed by atoms with van der Waals surface area (Å²) in [5, 5.41) is 12.2. The fourth-order valence-corrected chi connectivity index (χ4v) is 3.22. The van der Waals surface area contributed by atoms with Crippen LogP contribution in [-0.2, 0) is 4.79 Å². The molecule has 17 heavy (non-hydrogen) atoms. The van der Waals surface area contributed by atoms with Gasteiger partial charge in [0.15, 0.2) is 0 Å². The van der Waals surface area contributed by atoms with Crippen molar-refractivity contribution in [1.29, 1.82) is 0 Å². The summed E-state index contributed by atoms with van der Waals surface area (Å²) in [5.74, 6) is -0.694. The van der Waals surface area contributed by atoms with E-state index < -0.39 is 5.97 Å². The van der Waals surface area contributed by atoms with Gasteiger partial charge in [0, 0.05) is 31.2 Å². The second-order valence-corrected chi connectivity index (χ2v) is 5.54. The molecule has 98 valence electrons. The minimum atomic E-state index is -0.694. The second kappa shape index (κ2) is 5.83. The van der Waals surface area contributed by atoms with Crippen LogP contribution in [0.5, 0.6) is 0 Å². The smallest absolute Gasteiger partial charge is 0.304 e. The van der Waals surface area contributed by atoms with Gasteiger partial charge < -0.3 is 10.4 Å². The molecule has 2 rings (SSSR count). The van der Waals surface area contributed by atoms with E-state index in [1.165, 1.54) is 32.1 Å². The molecule has 0 aromatic heterocycles. The van der Waals surface area contributed by atoms with Gasteiger partial charge in [-0.2, -0.15) is 0 Å². The molecule has 1 saturated carbocycles. The molecule has 1 saturated heterocycles. The Morgan fingerprint density at radius 3 is 2.71 bits per heavy atom. The fraction of sp³-hybridized carbons (Fsp3) is 0.923. The zero-order chi connectivity index (χ0) is 12.3. The highest BCUT2D eigenvalue weighted by atomic mass is 16.4. The van der Waals surface area contributed by atoms with E-state index in [2.05, 4.69) is 17.1 Å². The molecule has 2 fully saturated rings. The van der Waals surface area contributed by atoms with Gasteiger partial charge in [-0.05, 0) is 19.8 Å². The number of carbonyl (C=O) groups is 1. The van der Waals surface area contributed by atoms with E-state index in [1.54, 1.807) is 0 Å². The molecule has 2 N–H and O–H groups in total. The number of carboxylic acids is 1. The average molecular weight is 240 g/mol. The summed E-state index contributed by atoms with van der Waals surface area (Å²) in [6.45, 7) is 4.07. The maximum absolute atomic E-state index is 10.8. The highest BCUT2D eigenvalue weighted by molar-refractivity contribution is 5.67. The number of nitrogens with one attached hydrogen (secondary N) is 1. The molecule has 4 heteroatoms. The molecule has 2 atom stereocenters. The Labute approximate surface area is 103 Å². The Bertz CT molecular complexity index is 264. The molecule has 0 aromatic rings. The first-order valence-corrected chi connectivity index (χ1v) is 6.87. The van der Waals surface area contributed by atoms with E-state index in [9.17, 15) is 4.79 Å². The van der Waals surface area contributed by atoms with Crippen LogP contribution in [0.1, 0.15) is 45.4 Å². The number of carboxylic acid groups (broad SMARTS) is 1. The maximum atomic E-state index is 10.8. The van der Waals surface area contributed by atoms with E-state index in [-0.39, 0.29) is 12.5 Å². The molecule has 0 radical (unpaired) electrons. The predicted octanol–water partition coefficient (Wildman–Crippen LogP) is 1.46. The largest absolute Gasteiger partial charge is 0.481 e. The van der Waals surface area contributed by atoms with Gasteiger partial charge in [0.05, 0.1) is 6.42 Å². The zero-order valence-corrected chi connectivity index (χ0v) is 10.7. The third-order valence-electron chi connectivity index (χ3n) is 4.16. The number of rotatable bonds is 3. The molecule has 2 aliphatic rings. The molecule has 0 bridgehead atoms. The number of aliphatic carboxylic acids is 1. The quantitative estimate of drug-likeness (QED) is 0.784. The molecule has 0 aromatic carbocycles. The highest BCUT2D eigenvalue weighted by Crippen LogP contribution is 2.25. The monoisotopic (exact) mass is 240 g/mol. The van der Waals surface area contributed by atoms with Crippen LogP contribution in [0.2, 0.25) is 0 Å². The van der Waals surface area contributed by atoms with Crippen LogP contribution in [0.4, 0.5) is 0 Å². The van der Waals surface area contributed by atoms with Crippen molar-refractivity contribution in [2.75, 3.05) is 13.1 Å². The van der Waals surface area contributed by atoms with Gasteiger partial charge in [0.25, 0.3) is 0 Å². The normalized spacial score (nSPS) is 32.5. The van der Waals surface area contributed by atoms with Crippen LogP contribution in [0.25, 0.3) is 0 Å². The van der Waals surface area contributed by atoms with Crippen LogP contribution < -0.4 is 5.32 Å². The van der Waals surface area contributed by atoms with Gasteiger partial charge >= 0.3 is 5.97 Å². The Balaban J connectivity index is 1.91. The third-order valence-corrected chi connectivity index (χ3v) is 4.16. The lowest BCUT2D eigenvalue weighted by atomic mass is 9.92. The van der Waals surface area contributed by atoms with Crippen molar-refractivity contribution < 1.29 is 9.90 Å². The summed E-state index contributed by atoms with van der Waals surface area (Å²) in [7, 11) is 0. The lowest BCUT2D eigenvalue weighted by Gasteiger charge is -2.44. The van der Waals surface area contributed by atoms with Crippen molar-refractivity contribution in [3.8, 4) is 0 Å².